The molecule has 0 unspecified atom stereocenters. The normalized spacial score (nSPS) is 12.6. The maximum Gasteiger partial charge on any atom is 0.491 e. The van der Waals surface area contributed by atoms with Gasteiger partial charge >= 0.3 is 18.3 Å². The van der Waals surface area contributed by atoms with Crippen LogP contribution in [0.4, 0.5) is 26.3 Å². The van der Waals surface area contributed by atoms with E-state index < -0.39 is 23.9 Å². The Labute approximate surface area is 256 Å². The number of nitrogens with one attached hydrogen (secondary N) is 1. The van der Waals surface area contributed by atoms with Gasteiger partial charge in [0.05, 0.1) is 5.56 Å². The van der Waals surface area contributed by atoms with Crippen molar-refractivity contribution in [2.45, 2.75) is 25.7 Å². The van der Waals surface area contributed by atoms with Crippen LogP contribution in [-0.2, 0) is 15.8 Å². The first-order valence-electron chi connectivity index (χ1n) is 13.8. The summed E-state index contributed by atoms with van der Waals surface area (Å²) < 4.78 is 88.8. The number of esters is 1. The lowest BCUT2D eigenvalue weighted by molar-refractivity contribution is -0.189. The zero-order valence-corrected chi connectivity index (χ0v) is 24.8. The Hall–Kier alpha value is -4.58. The van der Waals surface area contributed by atoms with E-state index in [0.717, 1.165) is 12.1 Å². The molecule has 240 valence electrons. The molecule has 3 rings (SSSR count). The van der Waals surface area contributed by atoms with Crippen molar-refractivity contribution in [3.8, 4) is 11.5 Å². The van der Waals surface area contributed by atoms with Gasteiger partial charge in [0.25, 0.3) is 0 Å². The highest BCUT2D eigenvalue weighted by Gasteiger charge is 2.41. The monoisotopic (exact) mass is 634 g/mol. The molecule has 0 atom stereocenters. The highest BCUT2D eigenvalue weighted by molar-refractivity contribution is 5.98. The van der Waals surface area contributed by atoms with Gasteiger partial charge in [0, 0.05) is 33.3 Å². The van der Waals surface area contributed by atoms with Crippen LogP contribution in [0.15, 0.2) is 84.9 Å². The van der Waals surface area contributed by atoms with E-state index in [2.05, 4.69) is 10.1 Å². The van der Waals surface area contributed by atoms with E-state index in [1.807, 2.05) is 0 Å². The Morgan fingerprint density at radius 3 is 1.98 bits per heavy atom. The number of nitrogens with zero attached hydrogens (tertiary/aromatic N) is 1. The van der Waals surface area contributed by atoms with E-state index in [0.29, 0.717) is 59.7 Å². The Kier molecular flexibility index (Phi) is 12.0. The lowest BCUT2D eigenvalue weighted by atomic mass is 9.87. The number of halogens is 6. The molecule has 1 N–H and O–H groups in total. The number of benzene rings is 3. The molecule has 0 bridgehead atoms. The van der Waals surface area contributed by atoms with E-state index in [1.54, 1.807) is 57.4 Å². The topological polar surface area (TPSA) is 67.9 Å². The zero-order valence-electron chi connectivity index (χ0n) is 24.8. The van der Waals surface area contributed by atoms with Crippen LogP contribution in [0.3, 0.4) is 0 Å². The van der Waals surface area contributed by atoms with E-state index in [-0.39, 0.29) is 11.7 Å². The highest BCUT2D eigenvalue weighted by Crippen LogP contribution is 2.38. The highest BCUT2D eigenvalue weighted by atomic mass is 19.4. The number of ether oxygens (including phenoxy) is 2. The molecule has 0 saturated heterocycles. The molecule has 12 heteroatoms. The fourth-order valence-corrected chi connectivity index (χ4v) is 4.23. The summed E-state index contributed by atoms with van der Waals surface area (Å²) in [5.41, 5.74) is 1.69. The third-order valence-electron chi connectivity index (χ3n) is 6.43. The molecule has 0 heterocycles. The number of amides is 1. The standard InChI is InChI=1S/C33H32F6N2O4/c1-4-28(24-7-5-8-25(21-24)32(34,35)36)30(23-12-16-27(17-13-23)45-31(43)33(37,38)39)22-10-14-26(15-11-22)44-20-19-40-18-6-9-29(42)41(2)3/h5-17,21,40H,4,18-20H2,1-3H3/b9-6+,30-28-. The SMILES string of the molecule is CC/C(=C(\c1ccc(OCCNC/C=C/C(=O)N(C)C)cc1)c1ccc(OC(=O)C(F)(F)F)cc1)c1cccc(C(F)(F)F)c1. The first-order valence-corrected chi connectivity index (χ1v) is 13.8. The second kappa shape index (κ2) is 15.4. The Morgan fingerprint density at radius 2 is 1.44 bits per heavy atom. The van der Waals surface area contributed by atoms with E-state index in [9.17, 15) is 35.9 Å². The molecule has 0 fully saturated rings. The van der Waals surface area contributed by atoms with Crippen molar-refractivity contribution < 1.29 is 45.4 Å². The Morgan fingerprint density at radius 1 is 0.844 bits per heavy atom. The van der Waals surface area contributed by atoms with Crippen molar-refractivity contribution in [3.05, 3.63) is 107 Å². The van der Waals surface area contributed by atoms with Gasteiger partial charge in [0.15, 0.2) is 0 Å². The van der Waals surface area contributed by atoms with Gasteiger partial charge in [0.2, 0.25) is 5.91 Å². The van der Waals surface area contributed by atoms with Crippen molar-refractivity contribution >= 4 is 23.0 Å². The number of rotatable bonds is 12. The van der Waals surface area contributed by atoms with Crippen molar-refractivity contribution in [2.75, 3.05) is 33.8 Å². The van der Waals surface area contributed by atoms with Crippen molar-refractivity contribution in [1.29, 1.82) is 0 Å². The Balaban J connectivity index is 1.89. The van der Waals surface area contributed by atoms with Gasteiger partial charge in [-0.3, -0.25) is 4.79 Å². The van der Waals surface area contributed by atoms with E-state index >= 15 is 0 Å². The predicted octanol–water partition coefficient (Wildman–Crippen LogP) is 7.16. The average Bonchev–Trinajstić information content (AvgIpc) is 2.99. The van der Waals surface area contributed by atoms with Gasteiger partial charge in [-0.25, -0.2) is 4.79 Å². The molecule has 0 aromatic heterocycles. The van der Waals surface area contributed by atoms with E-state index in [1.165, 1.54) is 41.3 Å². The molecular weight excluding hydrogens is 602 g/mol. The number of carbonyl (C=O) groups is 2. The van der Waals surface area contributed by atoms with Crippen molar-refractivity contribution in [2.24, 2.45) is 0 Å². The summed E-state index contributed by atoms with van der Waals surface area (Å²) in [5, 5.41) is 3.12. The van der Waals surface area contributed by atoms with E-state index in [4.69, 9.17) is 4.74 Å². The second-order valence-corrected chi connectivity index (χ2v) is 9.91. The van der Waals surface area contributed by atoms with Crippen LogP contribution >= 0.6 is 0 Å². The van der Waals surface area contributed by atoms with Gasteiger partial charge in [-0.1, -0.05) is 49.4 Å². The molecule has 45 heavy (non-hydrogen) atoms. The minimum atomic E-state index is -5.17. The van der Waals surface area contributed by atoms with Crippen LogP contribution in [0.2, 0.25) is 0 Å². The second-order valence-electron chi connectivity index (χ2n) is 9.91. The lowest BCUT2D eigenvalue weighted by Gasteiger charge is -2.18. The summed E-state index contributed by atoms with van der Waals surface area (Å²) in [6, 6.07) is 17.0. The van der Waals surface area contributed by atoms with Crippen molar-refractivity contribution in [3.63, 3.8) is 0 Å². The fourth-order valence-electron chi connectivity index (χ4n) is 4.23. The molecule has 0 saturated carbocycles. The minimum Gasteiger partial charge on any atom is -0.492 e. The maximum atomic E-state index is 13.5. The fraction of sp³-hybridized carbons (Fsp3) is 0.273. The number of carbonyl (C=O) groups excluding carboxylic acids is 2. The van der Waals surface area contributed by atoms with Crippen LogP contribution in [0.5, 0.6) is 11.5 Å². The molecule has 1 amide bonds. The first-order chi connectivity index (χ1) is 21.2. The van der Waals surface area contributed by atoms with Crippen LogP contribution in [-0.4, -0.2) is 56.7 Å². The summed E-state index contributed by atoms with van der Waals surface area (Å²) in [6.07, 6.45) is -6.25. The van der Waals surface area contributed by atoms with Gasteiger partial charge in [-0.05, 0) is 70.7 Å². The Bertz CT molecular complexity index is 1510. The molecule has 0 aliphatic carbocycles. The first kappa shape index (κ1) is 34.9. The maximum absolute atomic E-state index is 13.5. The number of alkyl halides is 6. The number of hydrogen-bond donors (Lipinski definition) is 1. The van der Waals surface area contributed by atoms with Crippen LogP contribution in [0.1, 0.15) is 35.6 Å². The van der Waals surface area contributed by atoms with Crippen LogP contribution in [0, 0.1) is 0 Å². The summed E-state index contributed by atoms with van der Waals surface area (Å²) in [5.74, 6) is -2.30. The molecule has 0 radical (unpaired) electrons. The number of likely N-dealkylation sites (N-methyl/N-ethyl adjacent to an activating group) is 1. The molecule has 0 aliphatic heterocycles. The zero-order chi connectivity index (χ0) is 33.2. The summed E-state index contributed by atoms with van der Waals surface area (Å²) >= 11 is 0. The molecule has 0 aliphatic rings. The van der Waals surface area contributed by atoms with Crippen LogP contribution < -0.4 is 14.8 Å². The molecular formula is C33H32F6N2O4. The average molecular weight is 635 g/mol. The largest absolute Gasteiger partial charge is 0.492 e. The molecule has 3 aromatic carbocycles. The quantitative estimate of drug-likeness (QED) is 0.0573. The molecule has 0 spiro atoms. The van der Waals surface area contributed by atoms with Crippen LogP contribution in [0.25, 0.3) is 11.1 Å². The third-order valence-corrected chi connectivity index (χ3v) is 6.43. The smallest absolute Gasteiger partial charge is 0.491 e. The van der Waals surface area contributed by atoms with Crippen molar-refractivity contribution in [1.82, 2.24) is 10.2 Å². The third kappa shape index (κ3) is 10.2. The number of allylic oxidation sites excluding steroid dienone is 1. The summed E-state index contributed by atoms with van der Waals surface area (Å²) in [7, 11) is 3.31. The molecule has 3 aromatic rings. The number of hydrogen-bond acceptors (Lipinski definition) is 5. The lowest BCUT2D eigenvalue weighted by Crippen LogP contribution is -2.27. The minimum absolute atomic E-state index is 0.123. The predicted molar refractivity (Wildman–Crippen MR) is 158 cm³/mol. The van der Waals surface area contributed by atoms with Gasteiger partial charge in [-0.15, -0.1) is 0 Å². The van der Waals surface area contributed by atoms with Gasteiger partial charge < -0.3 is 19.7 Å². The van der Waals surface area contributed by atoms with Gasteiger partial charge in [0.1, 0.15) is 18.1 Å². The summed E-state index contributed by atoms with van der Waals surface area (Å²) in [6.45, 7) is 3.07. The molecule has 6 nitrogen and oxygen atoms in total. The van der Waals surface area contributed by atoms with Gasteiger partial charge in [-0.2, -0.15) is 26.3 Å². The summed E-state index contributed by atoms with van der Waals surface area (Å²) in [4.78, 5) is 24.3.